The van der Waals surface area contributed by atoms with Gasteiger partial charge in [-0.2, -0.15) is 0 Å². The number of ketones is 1. The fourth-order valence-electron chi connectivity index (χ4n) is 1.29. The van der Waals surface area contributed by atoms with Crippen LogP contribution >= 0.6 is 15.9 Å². The maximum Gasteiger partial charge on any atom is 0.306 e. The third-order valence-electron chi connectivity index (χ3n) is 2.09. The smallest absolute Gasteiger partial charge is 0.306 e. The first kappa shape index (κ1) is 13.8. The molecular formula is C12H12BrFO3. The highest BCUT2D eigenvalue weighted by atomic mass is 79.9. The van der Waals surface area contributed by atoms with Gasteiger partial charge in [0.1, 0.15) is 5.82 Å². The highest BCUT2D eigenvalue weighted by Crippen LogP contribution is 2.20. The van der Waals surface area contributed by atoms with E-state index in [1.807, 2.05) is 0 Å². The van der Waals surface area contributed by atoms with Gasteiger partial charge < -0.3 is 4.74 Å². The van der Waals surface area contributed by atoms with E-state index in [-0.39, 0.29) is 30.8 Å². The Bertz CT molecular complexity index is 432. The molecule has 0 unspecified atom stereocenters. The number of ether oxygens (including phenoxy) is 1. The SMILES string of the molecule is CCOC(=O)CCC(=O)c1cc(F)ccc1Br. The Hall–Kier alpha value is -1.23. The van der Waals surface area contributed by atoms with Crippen LogP contribution in [-0.2, 0) is 9.53 Å². The van der Waals surface area contributed by atoms with Crippen LogP contribution in [0, 0.1) is 5.82 Å². The molecule has 0 bridgehead atoms. The van der Waals surface area contributed by atoms with Crippen LogP contribution in [0.1, 0.15) is 30.1 Å². The normalized spacial score (nSPS) is 10.1. The summed E-state index contributed by atoms with van der Waals surface area (Å²) in [5.41, 5.74) is 0.245. The molecule has 3 nitrogen and oxygen atoms in total. The molecule has 1 aromatic carbocycles. The van der Waals surface area contributed by atoms with Crippen molar-refractivity contribution in [2.75, 3.05) is 6.61 Å². The van der Waals surface area contributed by atoms with E-state index in [4.69, 9.17) is 4.74 Å². The molecule has 0 aliphatic rings. The van der Waals surface area contributed by atoms with Crippen molar-refractivity contribution in [3.8, 4) is 0 Å². The third-order valence-corrected chi connectivity index (χ3v) is 2.78. The van der Waals surface area contributed by atoms with Gasteiger partial charge in [-0.05, 0) is 25.1 Å². The van der Waals surface area contributed by atoms with Crippen molar-refractivity contribution in [3.05, 3.63) is 34.1 Å². The highest BCUT2D eigenvalue weighted by molar-refractivity contribution is 9.10. The number of carbonyl (C=O) groups excluding carboxylic acids is 2. The molecule has 92 valence electrons. The van der Waals surface area contributed by atoms with Crippen LogP contribution in [0.2, 0.25) is 0 Å². The van der Waals surface area contributed by atoms with Gasteiger partial charge in [-0.25, -0.2) is 4.39 Å². The molecule has 0 aliphatic heterocycles. The Morgan fingerprint density at radius 1 is 1.35 bits per heavy atom. The Balaban J connectivity index is 2.64. The molecule has 0 aromatic heterocycles. The average Bonchev–Trinajstić information content (AvgIpc) is 2.29. The summed E-state index contributed by atoms with van der Waals surface area (Å²) in [6.45, 7) is 1.99. The van der Waals surface area contributed by atoms with Crippen LogP contribution in [-0.4, -0.2) is 18.4 Å². The zero-order chi connectivity index (χ0) is 12.8. The molecule has 1 rings (SSSR count). The summed E-state index contributed by atoms with van der Waals surface area (Å²) >= 11 is 3.17. The van der Waals surface area contributed by atoms with Crippen LogP contribution in [0.5, 0.6) is 0 Å². The van der Waals surface area contributed by atoms with Crippen LogP contribution in [0.3, 0.4) is 0 Å². The number of Topliss-reactive ketones (excluding diaryl/α,β-unsaturated/α-hetero) is 1. The van der Waals surface area contributed by atoms with E-state index in [2.05, 4.69) is 15.9 Å². The van der Waals surface area contributed by atoms with E-state index < -0.39 is 11.8 Å². The number of hydrogen-bond acceptors (Lipinski definition) is 3. The minimum absolute atomic E-state index is 0.00955. The van der Waals surface area contributed by atoms with Crippen molar-refractivity contribution in [3.63, 3.8) is 0 Å². The lowest BCUT2D eigenvalue weighted by atomic mass is 10.1. The maximum absolute atomic E-state index is 13.0. The fourth-order valence-corrected chi connectivity index (χ4v) is 1.76. The summed E-state index contributed by atoms with van der Waals surface area (Å²) in [6.07, 6.45) is 0.0243. The summed E-state index contributed by atoms with van der Waals surface area (Å²) in [5, 5.41) is 0. The lowest BCUT2D eigenvalue weighted by Crippen LogP contribution is -2.08. The molecule has 0 spiro atoms. The van der Waals surface area contributed by atoms with E-state index in [0.29, 0.717) is 4.47 Å². The molecule has 0 atom stereocenters. The van der Waals surface area contributed by atoms with Crippen molar-refractivity contribution in [1.82, 2.24) is 0 Å². The zero-order valence-electron chi connectivity index (χ0n) is 9.33. The third kappa shape index (κ3) is 4.26. The van der Waals surface area contributed by atoms with Crippen molar-refractivity contribution < 1.29 is 18.7 Å². The van der Waals surface area contributed by atoms with Gasteiger partial charge >= 0.3 is 5.97 Å². The number of carbonyl (C=O) groups is 2. The Kier molecular flexibility index (Phi) is 5.28. The first-order chi connectivity index (χ1) is 8.04. The standard InChI is InChI=1S/C12H12BrFO3/c1-2-17-12(16)6-5-11(15)9-7-8(14)3-4-10(9)13/h3-4,7H,2,5-6H2,1H3. The molecule has 17 heavy (non-hydrogen) atoms. The van der Waals surface area contributed by atoms with Gasteiger partial charge in [-0.15, -0.1) is 0 Å². The molecule has 0 aliphatic carbocycles. The van der Waals surface area contributed by atoms with Gasteiger partial charge in [0.2, 0.25) is 0 Å². The van der Waals surface area contributed by atoms with E-state index >= 15 is 0 Å². The molecule has 5 heteroatoms. The predicted molar refractivity (Wildman–Crippen MR) is 64.3 cm³/mol. The fraction of sp³-hybridized carbons (Fsp3) is 0.333. The average molecular weight is 303 g/mol. The first-order valence-corrected chi connectivity index (χ1v) is 5.97. The minimum atomic E-state index is -0.479. The quantitative estimate of drug-likeness (QED) is 0.620. The van der Waals surface area contributed by atoms with Crippen molar-refractivity contribution in [2.45, 2.75) is 19.8 Å². The number of rotatable bonds is 5. The monoisotopic (exact) mass is 302 g/mol. The van der Waals surface area contributed by atoms with Gasteiger partial charge in [0, 0.05) is 16.5 Å². The van der Waals surface area contributed by atoms with Gasteiger partial charge in [0.25, 0.3) is 0 Å². The Morgan fingerprint density at radius 2 is 2.06 bits per heavy atom. The second kappa shape index (κ2) is 6.49. The van der Waals surface area contributed by atoms with E-state index in [1.54, 1.807) is 6.92 Å². The summed E-state index contributed by atoms with van der Waals surface area (Å²) < 4.78 is 18.2. The zero-order valence-corrected chi connectivity index (χ0v) is 10.9. The molecule has 0 radical (unpaired) electrons. The Morgan fingerprint density at radius 3 is 2.71 bits per heavy atom. The van der Waals surface area contributed by atoms with Crippen LogP contribution in [0.15, 0.2) is 22.7 Å². The highest BCUT2D eigenvalue weighted by Gasteiger charge is 2.13. The molecular weight excluding hydrogens is 291 g/mol. The summed E-state index contributed by atoms with van der Waals surface area (Å²) in [4.78, 5) is 22.8. The van der Waals surface area contributed by atoms with Crippen LogP contribution < -0.4 is 0 Å². The summed E-state index contributed by atoms with van der Waals surface area (Å²) in [6, 6.07) is 3.87. The molecule has 1 aromatic rings. The van der Waals surface area contributed by atoms with E-state index in [1.165, 1.54) is 12.1 Å². The van der Waals surface area contributed by atoms with E-state index in [0.717, 1.165) is 6.07 Å². The lowest BCUT2D eigenvalue weighted by Gasteiger charge is -2.04. The number of hydrogen-bond donors (Lipinski definition) is 0. The van der Waals surface area contributed by atoms with Gasteiger partial charge in [-0.1, -0.05) is 15.9 Å². The molecule has 0 fully saturated rings. The van der Waals surface area contributed by atoms with Crippen molar-refractivity contribution >= 4 is 27.7 Å². The minimum Gasteiger partial charge on any atom is -0.466 e. The molecule has 0 saturated carbocycles. The molecule has 0 saturated heterocycles. The number of benzene rings is 1. The van der Waals surface area contributed by atoms with E-state index in [9.17, 15) is 14.0 Å². The molecule has 0 heterocycles. The topological polar surface area (TPSA) is 43.4 Å². The summed E-state index contributed by atoms with van der Waals surface area (Å²) in [5.74, 6) is -1.19. The molecule has 0 N–H and O–H groups in total. The lowest BCUT2D eigenvalue weighted by molar-refractivity contribution is -0.143. The van der Waals surface area contributed by atoms with Crippen LogP contribution in [0.25, 0.3) is 0 Å². The second-order valence-electron chi connectivity index (χ2n) is 3.35. The number of esters is 1. The maximum atomic E-state index is 13.0. The first-order valence-electron chi connectivity index (χ1n) is 5.18. The largest absolute Gasteiger partial charge is 0.466 e. The van der Waals surface area contributed by atoms with Gasteiger partial charge in [0.05, 0.1) is 13.0 Å². The molecule has 0 amide bonds. The Labute approximate surface area is 107 Å². The second-order valence-corrected chi connectivity index (χ2v) is 4.21. The van der Waals surface area contributed by atoms with Crippen LogP contribution in [0.4, 0.5) is 4.39 Å². The van der Waals surface area contributed by atoms with Gasteiger partial charge in [-0.3, -0.25) is 9.59 Å². The number of halogens is 2. The predicted octanol–water partition coefficient (Wildman–Crippen LogP) is 3.11. The van der Waals surface area contributed by atoms with Gasteiger partial charge in [0.15, 0.2) is 5.78 Å². The summed E-state index contributed by atoms with van der Waals surface area (Å²) in [7, 11) is 0. The van der Waals surface area contributed by atoms with Crippen molar-refractivity contribution in [2.24, 2.45) is 0 Å². The van der Waals surface area contributed by atoms with Crippen molar-refractivity contribution in [1.29, 1.82) is 0 Å².